The van der Waals surface area contributed by atoms with Crippen molar-refractivity contribution in [2.45, 2.75) is 11.1 Å². The van der Waals surface area contributed by atoms with E-state index in [1.165, 1.54) is 48.5 Å². The second kappa shape index (κ2) is 9.74. The van der Waals surface area contributed by atoms with Gasteiger partial charge in [-0.1, -0.05) is 41.9 Å². The molecule has 0 fully saturated rings. The number of nitrogens with zero attached hydrogens (tertiary/aromatic N) is 1. The minimum atomic E-state index is -4.88. The fourth-order valence-electron chi connectivity index (χ4n) is 3.02. The lowest BCUT2D eigenvalue weighted by atomic mass is 10.1. The molecule has 12 heteroatoms. The Kier molecular flexibility index (Phi) is 7.18. The van der Waals surface area contributed by atoms with Gasteiger partial charge in [0.1, 0.15) is 6.54 Å². The zero-order chi connectivity index (χ0) is 25.1. The number of para-hydroxylation sites is 1. The Labute approximate surface area is 197 Å². The van der Waals surface area contributed by atoms with Crippen LogP contribution in [0.2, 0.25) is 5.02 Å². The summed E-state index contributed by atoms with van der Waals surface area (Å²) in [6, 6.07) is 14.7. The van der Waals surface area contributed by atoms with Crippen LogP contribution in [-0.2, 0) is 21.0 Å². The number of aromatic carboxylic acids is 1. The molecule has 3 rings (SSSR count). The van der Waals surface area contributed by atoms with Crippen LogP contribution in [0.25, 0.3) is 0 Å². The number of nitrogens with one attached hydrogen (secondary N) is 1. The largest absolute Gasteiger partial charge is 0.478 e. The summed E-state index contributed by atoms with van der Waals surface area (Å²) < 4.78 is 67.2. The van der Waals surface area contributed by atoms with Crippen LogP contribution < -0.4 is 9.62 Å². The molecule has 3 aromatic rings. The van der Waals surface area contributed by atoms with Gasteiger partial charge in [-0.15, -0.1) is 0 Å². The summed E-state index contributed by atoms with van der Waals surface area (Å²) in [6.07, 6.45) is -4.88. The van der Waals surface area contributed by atoms with Crippen molar-refractivity contribution in [3.63, 3.8) is 0 Å². The first-order valence-electron chi connectivity index (χ1n) is 9.48. The summed E-state index contributed by atoms with van der Waals surface area (Å²) in [5.41, 5.74) is -2.10. The SMILES string of the molecule is O=C(CN(c1ccc(Cl)c(C(F)(F)F)c1)S(=O)(=O)c1ccccc1)Nc1ccccc1C(=O)O. The third-order valence-corrected chi connectivity index (χ3v) is 6.71. The van der Waals surface area contributed by atoms with E-state index in [1.807, 2.05) is 0 Å². The van der Waals surface area contributed by atoms with Crippen molar-refractivity contribution in [3.8, 4) is 0 Å². The summed E-state index contributed by atoms with van der Waals surface area (Å²) in [4.78, 5) is 23.9. The van der Waals surface area contributed by atoms with Crippen molar-refractivity contribution >= 4 is 44.9 Å². The zero-order valence-corrected chi connectivity index (χ0v) is 18.7. The van der Waals surface area contributed by atoms with Gasteiger partial charge >= 0.3 is 12.1 Å². The predicted octanol–water partition coefficient (Wildman–Crippen LogP) is 4.89. The summed E-state index contributed by atoms with van der Waals surface area (Å²) in [5, 5.41) is 10.9. The van der Waals surface area contributed by atoms with Gasteiger partial charge in [-0.05, 0) is 42.5 Å². The first kappa shape index (κ1) is 25.1. The maximum atomic E-state index is 13.4. The number of sulfonamides is 1. The minimum absolute atomic E-state index is 0.107. The number of carbonyl (C=O) groups is 2. The number of carboxylic acid groups (broad SMARTS) is 1. The van der Waals surface area contributed by atoms with E-state index in [0.29, 0.717) is 10.4 Å². The zero-order valence-electron chi connectivity index (χ0n) is 17.1. The van der Waals surface area contributed by atoms with Gasteiger partial charge in [0, 0.05) is 0 Å². The molecule has 178 valence electrons. The molecular weight excluding hydrogens is 497 g/mol. The van der Waals surface area contributed by atoms with E-state index >= 15 is 0 Å². The third kappa shape index (κ3) is 5.49. The smallest absolute Gasteiger partial charge is 0.417 e. The van der Waals surface area contributed by atoms with Crippen molar-refractivity contribution in [3.05, 3.63) is 88.9 Å². The summed E-state index contributed by atoms with van der Waals surface area (Å²) in [5.74, 6) is -2.31. The standard InChI is InChI=1S/C22H16ClF3N2O5S/c23-18-11-10-14(12-17(18)22(24,25)26)28(34(32,33)15-6-2-1-3-7-15)13-20(29)27-19-9-5-4-8-16(19)21(30)31/h1-12H,13H2,(H,27,29)(H,30,31). The lowest BCUT2D eigenvalue weighted by Crippen LogP contribution is -2.38. The average Bonchev–Trinajstić information content (AvgIpc) is 2.78. The van der Waals surface area contributed by atoms with Crippen LogP contribution in [0.3, 0.4) is 0 Å². The van der Waals surface area contributed by atoms with Gasteiger partial charge in [-0.25, -0.2) is 13.2 Å². The van der Waals surface area contributed by atoms with E-state index in [1.54, 1.807) is 6.07 Å². The highest BCUT2D eigenvalue weighted by Gasteiger charge is 2.35. The fourth-order valence-corrected chi connectivity index (χ4v) is 4.68. The topological polar surface area (TPSA) is 104 Å². The van der Waals surface area contributed by atoms with Gasteiger partial charge < -0.3 is 10.4 Å². The number of carbonyl (C=O) groups excluding carboxylic acids is 1. The molecule has 0 aromatic heterocycles. The van der Waals surface area contributed by atoms with Crippen LogP contribution in [0.1, 0.15) is 15.9 Å². The Morgan fingerprint density at radius 1 is 0.971 bits per heavy atom. The molecule has 0 heterocycles. The molecule has 2 N–H and O–H groups in total. The molecule has 0 unspecified atom stereocenters. The quantitative estimate of drug-likeness (QED) is 0.469. The minimum Gasteiger partial charge on any atom is -0.478 e. The highest BCUT2D eigenvalue weighted by atomic mass is 35.5. The molecule has 0 saturated carbocycles. The molecule has 0 aliphatic rings. The third-order valence-electron chi connectivity index (χ3n) is 4.59. The van der Waals surface area contributed by atoms with E-state index in [-0.39, 0.29) is 16.1 Å². The predicted molar refractivity (Wildman–Crippen MR) is 119 cm³/mol. The van der Waals surface area contributed by atoms with E-state index in [0.717, 1.165) is 12.1 Å². The van der Waals surface area contributed by atoms with Crippen LogP contribution in [0.5, 0.6) is 0 Å². The lowest BCUT2D eigenvalue weighted by molar-refractivity contribution is -0.137. The molecule has 7 nitrogen and oxygen atoms in total. The summed E-state index contributed by atoms with van der Waals surface area (Å²) in [6.45, 7) is -0.940. The molecule has 0 aliphatic carbocycles. The number of rotatable bonds is 7. The Balaban J connectivity index is 2.05. The molecule has 0 bridgehead atoms. The Hall–Kier alpha value is -3.57. The number of amides is 1. The van der Waals surface area contributed by atoms with Crippen LogP contribution in [-0.4, -0.2) is 31.9 Å². The second-order valence-electron chi connectivity index (χ2n) is 6.89. The Morgan fingerprint density at radius 2 is 1.59 bits per heavy atom. The number of carboxylic acids is 1. The van der Waals surface area contributed by atoms with Crippen molar-refractivity contribution in [1.82, 2.24) is 0 Å². The maximum Gasteiger partial charge on any atom is 0.417 e. The van der Waals surface area contributed by atoms with Crippen LogP contribution >= 0.6 is 11.6 Å². The van der Waals surface area contributed by atoms with Gasteiger partial charge in [-0.3, -0.25) is 9.10 Å². The van der Waals surface area contributed by atoms with E-state index in [2.05, 4.69) is 5.32 Å². The number of anilines is 2. The molecule has 3 aromatic carbocycles. The fraction of sp³-hybridized carbons (Fsp3) is 0.0909. The normalized spacial score (nSPS) is 11.6. The number of alkyl halides is 3. The second-order valence-corrected chi connectivity index (χ2v) is 9.16. The van der Waals surface area contributed by atoms with Crippen molar-refractivity contribution < 1.29 is 36.3 Å². The average molecular weight is 513 g/mol. The molecule has 0 saturated heterocycles. The lowest BCUT2D eigenvalue weighted by Gasteiger charge is -2.25. The first-order valence-corrected chi connectivity index (χ1v) is 11.3. The first-order chi connectivity index (χ1) is 15.9. The van der Waals surface area contributed by atoms with Crippen LogP contribution in [0, 0.1) is 0 Å². The molecular formula is C22H16ClF3N2O5S. The molecule has 0 radical (unpaired) electrons. The highest BCUT2D eigenvalue weighted by Crippen LogP contribution is 2.38. The van der Waals surface area contributed by atoms with Crippen LogP contribution in [0.15, 0.2) is 77.7 Å². The van der Waals surface area contributed by atoms with Crippen molar-refractivity contribution in [2.24, 2.45) is 0 Å². The molecule has 0 atom stereocenters. The van der Waals surface area contributed by atoms with Gasteiger partial charge in [0.15, 0.2) is 0 Å². The Morgan fingerprint density at radius 3 is 2.21 bits per heavy atom. The van der Waals surface area contributed by atoms with Crippen molar-refractivity contribution in [2.75, 3.05) is 16.2 Å². The number of benzene rings is 3. The summed E-state index contributed by atoms with van der Waals surface area (Å²) in [7, 11) is -4.50. The van der Waals surface area contributed by atoms with Gasteiger partial charge in [0.25, 0.3) is 10.0 Å². The molecule has 0 aliphatic heterocycles. The van der Waals surface area contributed by atoms with E-state index < -0.39 is 50.9 Å². The maximum absolute atomic E-state index is 13.4. The van der Waals surface area contributed by atoms with Gasteiger partial charge in [-0.2, -0.15) is 13.2 Å². The van der Waals surface area contributed by atoms with Crippen molar-refractivity contribution in [1.29, 1.82) is 0 Å². The number of hydrogen-bond acceptors (Lipinski definition) is 4. The number of hydrogen-bond donors (Lipinski definition) is 2. The Bertz CT molecular complexity index is 1330. The molecule has 0 spiro atoms. The van der Waals surface area contributed by atoms with E-state index in [9.17, 15) is 36.3 Å². The van der Waals surface area contributed by atoms with Gasteiger partial charge in [0.05, 0.1) is 32.4 Å². The molecule has 1 amide bonds. The highest BCUT2D eigenvalue weighted by molar-refractivity contribution is 7.92. The molecule has 34 heavy (non-hydrogen) atoms. The summed E-state index contributed by atoms with van der Waals surface area (Å²) >= 11 is 5.65. The van der Waals surface area contributed by atoms with Crippen LogP contribution in [0.4, 0.5) is 24.5 Å². The van der Waals surface area contributed by atoms with E-state index in [4.69, 9.17) is 11.6 Å². The van der Waals surface area contributed by atoms with Gasteiger partial charge in [0.2, 0.25) is 5.91 Å². The monoisotopic (exact) mass is 512 g/mol. The number of halogens is 4.